The Balaban J connectivity index is 1.31. The lowest BCUT2D eigenvalue weighted by molar-refractivity contribution is 0.0550. The quantitative estimate of drug-likeness (QED) is 0.921. The molecule has 4 nitrogen and oxygen atoms in total. The van der Waals surface area contributed by atoms with Crippen molar-refractivity contribution in [3.63, 3.8) is 0 Å². The summed E-state index contributed by atoms with van der Waals surface area (Å²) in [5.74, 6) is 0.234. The minimum atomic E-state index is -0.421. The highest BCUT2D eigenvalue weighted by molar-refractivity contribution is 5.94. The molecule has 130 valence electrons. The van der Waals surface area contributed by atoms with Crippen molar-refractivity contribution in [2.75, 3.05) is 32.7 Å². The number of rotatable bonds is 3. The minimum absolute atomic E-state index is 0.172. The minimum Gasteiger partial charge on any atom is -0.338 e. The van der Waals surface area contributed by atoms with Crippen LogP contribution in [0.2, 0.25) is 0 Å². The Hall–Kier alpha value is -1.46. The molecule has 4 fully saturated rings. The van der Waals surface area contributed by atoms with Gasteiger partial charge in [-0.1, -0.05) is 12.1 Å². The Morgan fingerprint density at radius 1 is 1.04 bits per heavy atom. The van der Waals surface area contributed by atoms with E-state index in [1.54, 1.807) is 23.1 Å². The fourth-order valence-electron chi connectivity index (χ4n) is 4.51. The summed E-state index contributed by atoms with van der Waals surface area (Å²) in [5.41, 5.74) is 0.196. The Morgan fingerprint density at radius 3 is 2.38 bits per heavy atom. The smallest absolute Gasteiger partial charge is 0.256 e. The standard InChI is InChI=1S/C19H26FN3O/c20-17-4-2-1-3-16(17)19(24)23-11-7-15(8-12-23)21-18-13-22-9-5-14(18)6-10-22/h1-4,14-15,18,21H,5-13H2/t18-/m1/s1. The van der Waals surface area contributed by atoms with E-state index in [1.165, 1.54) is 38.5 Å². The van der Waals surface area contributed by atoms with Crippen molar-refractivity contribution in [1.29, 1.82) is 0 Å². The second-order valence-electron chi connectivity index (χ2n) is 7.46. The number of carbonyl (C=O) groups excluding carboxylic acids is 1. The van der Waals surface area contributed by atoms with Crippen molar-refractivity contribution in [3.05, 3.63) is 35.6 Å². The van der Waals surface area contributed by atoms with Crippen molar-refractivity contribution < 1.29 is 9.18 Å². The van der Waals surface area contributed by atoms with Crippen molar-refractivity contribution in [3.8, 4) is 0 Å². The molecule has 4 saturated heterocycles. The predicted octanol–water partition coefficient (Wildman–Crippen LogP) is 2.11. The number of benzene rings is 1. The van der Waals surface area contributed by atoms with Crippen LogP contribution in [0.5, 0.6) is 0 Å². The monoisotopic (exact) mass is 331 g/mol. The molecule has 4 heterocycles. The summed E-state index contributed by atoms with van der Waals surface area (Å²) in [6, 6.07) is 7.38. The van der Waals surface area contributed by atoms with E-state index < -0.39 is 5.82 Å². The zero-order valence-corrected chi connectivity index (χ0v) is 14.1. The summed E-state index contributed by atoms with van der Waals surface area (Å²) in [6.45, 7) is 5.13. The highest BCUT2D eigenvalue weighted by Gasteiger charge is 2.35. The molecule has 4 aliphatic rings. The first kappa shape index (κ1) is 16.0. The molecule has 1 aromatic carbocycles. The summed E-state index contributed by atoms with van der Waals surface area (Å²) < 4.78 is 13.8. The molecule has 1 N–H and O–H groups in total. The van der Waals surface area contributed by atoms with E-state index in [1.807, 2.05) is 0 Å². The van der Waals surface area contributed by atoms with Crippen molar-refractivity contribution in [2.45, 2.75) is 37.8 Å². The molecule has 0 aliphatic carbocycles. The van der Waals surface area contributed by atoms with Gasteiger partial charge in [-0.15, -0.1) is 0 Å². The van der Waals surface area contributed by atoms with Crippen molar-refractivity contribution >= 4 is 5.91 Å². The van der Waals surface area contributed by atoms with E-state index >= 15 is 0 Å². The first-order valence-corrected chi connectivity index (χ1v) is 9.23. The fraction of sp³-hybridized carbons (Fsp3) is 0.632. The molecule has 0 radical (unpaired) electrons. The van der Waals surface area contributed by atoms with Crippen LogP contribution in [0.3, 0.4) is 0 Å². The zero-order chi connectivity index (χ0) is 16.5. The second kappa shape index (κ2) is 6.81. The third-order valence-electron chi connectivity index (χ3n) is 5.99. The number of piperidine rings is 4. The van der Waals surface area contributed by atoms with E-state index in [2.05, 4.69) is 10.2 Å². The molecule has 0 saturated carbocycles. The van der Waals surface area contributed by atoms with Gasteiger partial charge in [-0.2, -0.15) is 0 Å². The third-order valence-corrected chi connectivity index (χ3v) is 5.99. The van der Waals surface area contributed by atoms with Crippen LogP contribution in [0.1, 0.15) is 36.0 Å². The summed E-state index contributed by atoms with van der Waals surface area (Å²) in [7, 11) is 0. The normalized spacial score (nSPS) is 30.5. The highest BCUT2D eigenvalue weighted by Crippen LogP contribution is 2.28. The summed E-state index contributed by atoms with van der Waals surface area (Å²) in [5, 5.41) is 3.85. The van der Waals surface area contributed by atoms with Gasteiger partial charge >= 0.3 is 0 Å². The van der Waals surface area contributed by atoms with Crippen molar-refractivity contribution in [2.24, 2.45) is 5.92 Å². The second-order valence-corrected chi connectivity index (χ2v) is 7.46. The Bertz CT molecular complexity index is 592. The lowest BCUT2D eigenvalue weighted by Gasteiger charge is -2.47. The Labute approximate surface area is 143 Å². The summed E-state index contributed by atoms with van der Waals surface area (Å²) in [4.78, 5) is 16.8. The van der Waals surface area contributed by atoms with Gasteiger partial charge in [-0.25, -0.2) is 4.39 Å². The van der Waals surface area contributed by atoms with Crippen LogP contribution >= 0.6 is 0 Å². The van der Waals surface area contributed by atoms with Gasteiger partial charge in [-0.3, -0.25) is 4.79 Å². The predicted molar refractivity (Wildman–Crippen MR) is 91.4 cm³/mol. The number of fused-ring (bicyclic) bond motifs is 3. The largest absolute Gasteiger partial charge is 0.338 e. The van der Waals surface area contributed by atoms with E-state index in [0.29, 0.717) is 25.2 Å². The zero-order valence-electron chi connectivity index (χ0n) is 14.1. The van der Waals surface area contributed by atoms with Crippen LogP contribution in [0.25, 0.3) is 0 Å². The van der Waals surface area contributed by atoms with Crippen molar-refractivity contribution in [1.82, 2.24) is 15.1 Å². The van der Waals surface area contributed by atoms with Crippen LogP contribution in [0.15, 0.2) is 24.3 Å². The maximum atomic E-state index is 13.8. The molecule has 2 bridgehead atoms. The van der Waals surface area contributed by atoms with Gasteiger partial charge in [0.25, 0.3) is 5.91 Å². The molecule has 0 unspecified atom stereocenters. The van der Waals surface area contributed by atoms with Gasteiger partial charge in [0.05, 0.1) is 5.56 Å². The molecule has 1 atom stereocenters. The molecule has 0 spiro atoms. The van der Waals surface area contributed by atoms with Gasteiger partial charge in [0.1, 0.15) is 5.82 Å². The topological polar surface area (TPSA) is 35.6 Å². The first-order chi connectivity index (χ1) is 11.7. The summed E-state index contributed by atoms with van der Waals surface area (Å²) in [6.07, 6.45) is 4.57. The first-order valence-electron chi connectivity index (χ1n) is 9.23. The van der Waals surface area contributed by atoms with Crippen LogP contribution in [-0.2, 0) is 0 Å². The highest BCUT2D eigenvalue weighted by atomic mass is 19.1. The molecule has 0 aromatic heterocycles. The van der Waals surface area contributed by atoms with Gasteiger partial charge < -0.3 is 15.1 Å². The van der Waals surface area contributed by atoms with E-state index in [4.69, 9.17) is 0 Å². The van der Waals surface area contributed by atoms with E-state index in [0.717, 1.165) is 18.8 Å². The molecule has 1 amide bonds. The molecule has 4 aliphatic heterocycles. The Morgan fingerprint density at radius 2 is 1.75 bits per heavy atom. The number of amides is 1. The fourth-order valence-corrected chi connectivity index (χ4v) is 4.51. The maximum absolute atomic E-state index is 13.8. The SMILES string of the molecule is O=C(c1ccccc1F)N1CCC(N[C@@H]2CN3CCC2CC3)CC1. The molecule has 1 aromatic rings. The molecule has 24 heavy (non-hydrogen) atoms. The van der Waals surface area contributed by atoms with Gasteiger partial charge in [0.15, 0.2) is 0 Å². The third kappa shape index (κ3) is 3.20. The number of hydrogen-bond donors (Lipinski definition) is 1. The van der Waals surface area contributed by atoms with Gasteiger partial charge in [0, 0.05) is 31.7 Å². The van der Waals surface area contributed by atoms with E-state index in [9.17, 15) is 9.18 Å². The maximum Gasteiger partial charge on any atom is 0.256 e. The van der Waals surface area contributed by atoms with Crippen LogP contribution in [0.4, 0.5) is 4.39 Å². The Kier molecular flexibility index (Phi) is 4.55. The number of nitrogens with one attached hydrogen (secondary N) is 1. The number of nitrogens with zero attached hydrogens (tertiary/aromatic N) is 2. The van der Waals surface area contributed by atoms with Gasteiger partial charge in [-0.05, 0) is 56.8 Å². The number of carbonyl (C=O) groups is 1. The lowest BCUT2D eigenvalue weighted by Crippen LogP contribution is -2.59. The molecule has 5 heteroatoms. The molecular weight excluding hydrogens is 305 g/mol. The molecular formula is C19H26FN3O. The van der Waals surface area contributed by atoms with E-state index in [-0.39, 0.29) is 11.5 Å². The summed E-state index contributed by atoms with van der Waals surface area (Å²) >= 11 is 0. The molecule has 5 rings (SSSR count). The van der Waals surface area contributed by atoms with Gasteiger partial charge in [0.2, 0.25) is 0 Å². The average Bonchev–Trinajstić information content (AvgIpc) is 2.63. The van der Waals surface area contributed by atoms with Crippen LogP contribution < -0.4 is 5.32 Å². The lowest BCUT2D eigenvalue weighted by atomic mass is 9.83. The van der Waals surface area contributed by atoms with Crippen LogP contribution in [-0.4, -0.2) is 60.5 Å². The number of halogens is 1. The number of hydrogen-bond acceptors (Lipinski definition) is 3. The average molecular weight is 331 g/mol. The van der Waals surface area contributed by atoms with Crippen LogP contribution in [0, 0.1) is 11.7 Å². The number of likely N-dealkylation sites (tertiary alicyclic amines) is 1.